The van der Waals surface area contributed by atoms with E-state index >= 15 is 0 Å². The Labute approximate surface area is 121 Å². The van der Waals surface area contributed by atoms with Crippen molar-refractivity contribution < 1.29 is 22.0 Å². The molecule has 1 aromatic rings. The van der Waals surface area contributed by atoms with E-state index in [0.717, 1.165) is 31.5 Å². The van der Waals surface area contributed by atoms with Crippen LogP contribution in [0.3, 0.4) is 0 Å². The van der Waals surface area contributed by atoms with Crippen LogP contribution in [0.25, 0.3) is 0 Å². The molecule has 1 aliphatic heterocycles. The summed E-state index contributed by atoms with van der Waals surface area (Å²) in [6.45, 7) is 0.901. The van der Waals surface area contributed by atoms with Gasteiger partial charge in [0.15, 0.2) is 0 Å². The molecule has 1 aliphatic rings. The summed E-state index contributed by atoms with van der Waals surface area (Å²) >= 11 is 0. The van der Waals surface area contributed by atoms with Gasteiger partial charge in [0.2, 0.25) is 15.7 Å². The molecule has 0 aromatic heterocycles. The van der Waals surface area contributed by atoms with Crippen LogP contribution in [0.4, 0.5) is 14.5 Å². The number of carbonyl (C=O) groups is 1. The average molecular weight is 318 g/mol. The van der Waals surface area contributed by atoms with Crippen LogP contribution >= 0.6 is 0 Å². The van der Waals surface area contributed by atoms with Gasteiger partial charge in [-0.2, -0.15) is 8.78 Å². The molecule has 1 amide bonds. The van der Waals surface area contributed by atoms with Crippen LogP contribution in [0.5, 0.6) is 0 Å². The molecule has 2 N–H and O–H groups in total. The minimum atomic E-state index is -4.60. The molecule has 0 spiro atoms. The van der Waals surface area contributed by atoms with Gasteiger partial charge in [-0.1, -0.05) is 0 Å². The monoisotopic (exact) mass is 318 g/mol. The van der Waals surface area contributed by atoms with Crippen LogP contribution in [0, 0.1) is 0 Å². The molecule has 0 bridgehead atoms. The predicted molar refractivity (Wildman–Crippen MR) is 73.9 cm³/mol. The summed E-state index contributed by atoms with van der Waals surface area (Å²) < 4.78 is 47.2. The van der Waals surface area contributed by atoms with Gasteiger partial charge in [0.1, 0.15) is 0 Å². The van der Waals surface area contributed by atoms with Gasteiger partial charge in [-0.15, -0.1) is 0 Å². The average Bonchev–Trinajstić information content (AvgIpc) is 2.91. The van der Waals surface area contributed by atoms with Crippen molar-refractivity contribution in [3.8, 4) is 0 Å². The van der Waals surface area contributed by atoms with Crippen molar-refractivity contribution in [1.29, 1.82) is 0 Å². The van der Waals surface area contributed by atoms with Gasteiger partial charge in [-0.05, 0) is 43.7 Å². The predicted octanol–water partition coefficient (Wildman–Crippen LogP) is 1.76. The van der Waals surface area contributed by atoms with Crippen LogP contribution in [-0.2, 0) is 14.6 Å². The summed E-state index contributed by atoms with van der Waals surface area (Å²) in [5.74, 6) is -3.65. The minimum absolute atomic E-state index is 0.156. The molecule has 5 nitrogen and oxygen atoms in total. The van der Waals surface area contributed by atoms with Gasteiger partial charge in [0, 0.05) is 18.2 Å². The topological polar surface area (TPSA) is 75.3 Å². The van der Waals surface area contributed by atoms with E-state index in [9.17, 15) is 22.0 Å². The number of hydrogen-bond acceptors (Lipinski definition) is 4. The Bertz CT molecular complexity index is 596. The van der Waals surface area contributed by atoms with E-state index < -0.39 is 20.5 Å². The Kier molecular flexibility index (Phi) is 4.89. The Balaban J connectivity index is 1.97. The van der Waals surface area contributed by atoms with Crippen molar-refractivity contribution in [3.63, 3.8) is 0 Å². The van der Waals surface area contributed by atoms with Crippen LogP contribution in [0.15, 0.2) is 29.2 Å². The molecular weight excluding hydrogens is 302 g/mol. The lowest BCUT2D eigenvalue weighted by atomic mass is 10.1. The number of rotatable bonds is 5. The molecule has 0 aliphatic carbocycles. The standard InChI is InChI=1S/C13H16F2N2O3S/c14-13(15)21(19,20)11-5-3-9(4-6-11)17-12(18)8-10-2-1-7-16-10/h3-6,10,13,16H,1-2,7-8H2,(H,17,18). The lowest BCUT2D eigenvalue weighted by molar-refractivity contribution is -0.116. The molecule has 116 valence electrons. The highest BCUT2D eigenvalue weighted by molar-refractivity contribution is 7.91. The number of carbonyl (C=O) groups excluding carboxylic acids is 1. The molecule has 0 saturated carbocycles. The normalized spacial score (nSPS) is 18.9. The van der Waals surface area contributed by atoms with E-state index in [1.165, 1.54) is 12.1 Å². The lowest BCUT2D eigenvalue weighted by Crippen LogP contribution is -2.27. The Morgan fingerprint density at radius 2 is 2.00 bits per heavy atom. The quantitative estimate of drug-likeness (QED) is 0.867. The molecule has 1 aromatic carbocycles. The van der Waals surface area contributed by atoms with Gasteiger partial charge >= 0.3 is 5.76 Å². The maximum atomic E-state index is 12.4. The van der Waals surface area contributed by atoms with Gasteiger partial charge in [0.25, 0.3) is 0 Å². The van der Waals surface area contributed by atoms with E-state index in [1.807, 2.05) is 0 Å². The third-order valence-corrected chi connectivity index (χ3v) is 4.69. The highest BCUT2D eigenvalue weighted by atomic mass is 32.2. The Morgan fingerprint density at radius 1 is 1.33 bits per heavy atom. The highest BCUT2D eigenvalue weighted by Crippen LogP contribution is 2.20. The third kappa shape index (κ3) is 3.98. The smallest absolute Gasteiger partial charge is 0.326 e. The largest absolute Gasteiger partial charge is 0.341 e. The molecule has 21 heavy (non-hydrogen) atoms. The molecule has 1 saturated heterocycles. The van der Waals surface area contributed by atoms with Crippen molar-refractivity contribution >= 4 is 21.4 Å². The van der Waals surface area contributed by atoms with Crippen LogP contribution in [0.2, 0.25) is 0 Å². The first-order chi connectivity index (χ1) is 9.89. The van der Waals surface area contributed by atoms with E-state index in [1.54, 1.807) is 0 Å². The molecule has 0 radical (unpaired) electrons. The van der Waals surface area contributed by atoms with Crippen LogP contribution < -0.4 is 10.6 Å². The molecule has 1 heterocycles. The number of alkyl halides is 2. The van der Waals surface area contributed by atoms with E-state index in [2.05, 4.69) is 10.6 Å². The van der Waals surface area contributed by atoms with Gasteiger partial charge in [0.05, 0.1) is 4.90 Å². The molecule has 1 atom stereocenters. The summed E-state index contributed by atoms with van der Waals surface area (Å²) in [5.41, 5.74) is 0.381. The first-order valence-corrected chi connectivity index (χ1v) is 8.09. The van der Waals surface area contributed by atoms with Crippen molar-refractivity contribution in [3.05, 3.63) is 24.3 Å². The lowest BCUT2D eigenvalue weighted by Gasteiger charge is -2.11. The van der Waals surface area contributed by atoms with Gasteiger partial charge in [-0.25, -0.2) is 8.42 Å². The maximum absolute atomic E-state index is 12.4. The maximum Gasteiger partial charge on any atom is 0.341 e. The van der Waals surface area contributed by atoms with Crippen molar-refractivity contribution in [2.75, 3.05) is 11.9 Å². The summed E-state index contributed by atoms with van der Waals surface area (Å²) in [6, 6.07) is 4.88. The van der Waals surface area contributed by atoms with Crippen molar-refractivity contribution in [1.82, 2.24) is 5.32 Å². The molecule has 1 unspecified atom stereocenters. The molecule has 8 heteroatoms. The summed E-state index contributed by atoms with van der Waals surface area (Å²) in [7, 11) is -4.60. The Morgan fingerprint density at radius 3 is 2.52 bits per heavy atom. The van der Waals surface area contributed by atoms with Crippen LogP contribution in [0.1, 0.15) is 19.3 Å². The van der Waals surface area contributed by atoms with E-state index in [0.29, 0.717) is 12.1 Å². The number of amides is 1. The Hall–Kier alpha value is -1.54. The summed E-state index contributed by atoms with van der Waals surface area (Å²) in [4.78, 5) is 11.3. The van der Waals surface area contributed by atoms with Crippen molar-refractivity contribution in [2.24, 2.45) is 0 Å². The zero-order valence-electron chi connectivity index (χ0n) is 11.2. The van der Waals surface area contributed by atoms with E-state index in [-0.39, 0.29) is 11.9 Å². The second kappa shape index (κ2) is 6.48. The number of nitrogens with one attached hydrogen (secondary N) is 2. The first-order valence-electron chi connectivity index (χ1n) is 6.55. The zero-order valence-corrected chi connectivity index (χ0v) is 12.0. The second-order valence-corrected chi connectivity index (χ2v) is 6.79. The van der Waals surface area contributed by atoms with E-state index in [4.69, 9.17) is 0 Å². The molecule has 1 fully saturated rings. The van der Waals surface area contributed by atoms with Crippen LogP contribution in [-0.4, -0.2) is 32.7 Å². The fourth-order valence-corrected chi connectivity index (χ4v) is 2.92. The van der Waals surface area contributed by atoms with Crippen molar-refractivity contribution in [2.45, 2.75) is 36.0 Å². The summed E-state index contributed by atoms with van der Waals surface area (Å²) in [6.07, 6.45) is 2.31. The van der Waals surface area contributed by atoms with Gasteiger partial charge < -0.3 is 10.6 Å². The fraction of sp³-hybridized carbons (Fsp3) is 0.462. The third-order valence-electron chi connectivity index (χ3n) is 3.30. The fourth-order valence-electron chi connectivity index (χ4n) is 2.20. The minimum Gasteiger partial charge on any atom is -0.326 e. The van der Waals surface area contributed by atoms with Gasteiger partial charge in [-0.3, -0.25) is 4.79 Å². The highest BCUT2D eigenvalue weighted by Gasteiger charge is 2.26. The number of sulfone groups is 1. The number of benzene rings is 1. The SMILES string of the molecule is O=C(CC1CCCN1)Nc1ccc(S(=O)(=O)C(F)F)cc1. The number of hydrogen-bond donors (Lipinski definition) is 2. The first kappa shape index (κ1) is 15.8. The number of halogens is 2. The number of anilines is 1. The molecule has 2 rings (SSSR count). The summed E-state index contributed by atoms with van der Waals surface area (Å²) in [5, 5.41) is 5.81. The zero-order chi connectivity index (χ0) is 15.5. The molecular formula is C13H16F2N2O3S. The second-order valence-electron chi connectivity index (χ2n) is 4.88.